The lowest BCUT2D eigenvalue weighted by molar-refractivity contribution is -0.133. The molecule has 5 aromatic heterocycles. The summed E-state index contributed by atoms with van der Waals surface area (Å²) in [6.45, 7) is -13.9. The van der Waals surface area contributed by atoms with E-state index < -0.39 is 216 Å². The lowest BCUT2D eigenvalue weighted by atomic mass is 10.0. The fourth-order valence-electron chi connectivity index (χ4n) is 12.0. The third kappa shape index (κ3) is 21.2. The molecule has 9 rings (SSSR count). The van der Waals surface area contributed by atoms with Crippen molar-refractivity contribution in [1.29, 1.82) is 0 Å². The van der Waals surface area contributed by atoms with Crippen LogP contribution in [0.4, 0.5) is 11.6 Å². The van der Waals surface area contributed by atoms with Gasteiger partial charge in [-0.15, -0.1) is 0 Å². The van der Waals surface area contributed by atoms with Crippen LogP contribution >= 0.6 is 32.5 Å². The Morgan fingerprint density at radius 2 is 0.972 bits per heavy atom. The van der Waals surface area contributed by atoms with Crippen LogP contribution in [0.2, 0.25) is 0 Å². The first-order chi connectivity index (χ1) is 51.2. The van der Waals surface area contributed by atoms with Crippen LogP contribution in [-0.4, -0.2) is 234 Å². The van der Waals surface area contributed by atoms with Crippen LogP contribution in [0.5, 0.6) is 0 Å². The predicted molar refractivity (Wildman–Crippen MR) is 386 cm³/mol. The van der Waals surface area contributed by atoms with E-state index in [0.717, 1.165) is 58.3 Å². The molecule has 4 saturated heterocycles. The molecule has 0 bridgehead atoms. The summed E-state index contributed by atoms with van der Waals surface area (Å²) in [5.41, 5.74) is 8.11. The zero-order chi connectivity index (χ0) is 78.7. The molecule has 108 heavy (non-hydrogen) atoms. The third-order valence-electron chi connectivity index (χ3n) is 17.7. The number of carbonyl (C=O) groups excluding carboxylic acids is 4. The first-order valence-electron chi connectivity index (χ1n) is 33.7. The number of aliphatic hydroxyl groups excluding tert-OH is 1. The van der Waals surface area contributed by atoms with Crippen LogP contribution < -0.4 is 60.9 Å². The van der Waals surface area contributed by atoms with Gasteiger partial charge in [-0.1, -0.05) is 57.7 Å². The first-order valence-corrected chi connectivity index (χ1v) is 41.6. The topological polar surface area (TPSA) is 564 Å². The smallest absolute Gasteiger partial charge is 0.386 e. The van der Waals surface area contributed by atoms with Gasteiger partial charge in [0.1, 0.15) is 111 Å². The SMILES string of the molecule is CCCCCCCC[C@H]1O[C@@H](n2cc(C)c(=O)[nH]c2=O)C(OCC(=O)NC)C1OP(O)(=S)OC[C@H]1O[C@@H](n2cnc3c(N)ncnc32)C(OCC(=O)NC)C1OP(=O)(S)OC[C@H]1O[C@@H](n2cc(C)c(=O)[nH]c2=O)C(OCC(=O)NC)C1OP(O)(=S)OC[C@H]1O[C@@H](n2cc(C)c(N)nc2=O)C(OCC(=O)NC)C1O. The largest absolute Gasteiger partial charge is 0.387 e. The number of aryl methyl sites for hydroxylation is 3. The Bertz CT molecular complexity index is 4500. The van der Waals surface area contributed by atoms with E-state index in [1.54, 1.807) is 0 Å². The molecule has 49 heteroatoms. The second-order valence-corrected chi connectivity index (χ2v) is 33.6. The van der Waals surface area contributed by atoms with Crippen molar-refractivity contribution in [3.63, 3.8) is 0 Å². The van der Waals surface area contributed by atoms with Gasteiger partial charge in [-0.2, -0.15) is 4.98 Å². The molecule has 0 spiro atoms. The second-order valence-electron chi connectivity index (χ2n) is 25.1. The molecule has 598 valence electrons. The zero-order valence-corrected chi connectivity index (χ0v) is 64.7. The maximum atomic E-state index is 15.4. The molecule has 4 aliphatic rings. The molecule has 9 heterocycles. The highest BCUT2D eigenvalue weighted by molar-refractivity contribution is 8.44. The Morgan fingerprint density at radius 1 is 0.556 bits per heavy atom. The van der Waals surface area contributed by atoms with E-state index in [0.29, 0.717) is 12.0 Å². The van der Waals surface area contributed by atoms with Gasteiger partial charge in [0.2, 0.25) is 23.6 Å². The summed E-state index contributed by atoms with van der Waals surface area (Å²) < 4.78 is 106. The molecule has 4 fully saturated rings. The molecule has 0 aromatic carbocycles. The van der Waals surface area contributed by atoms with Gasteiger partial charge < -0.3 is 94.6 Å². The number of amides is 4. The number of nitrogens with one attached hydrogen (secondary N) is 6. The molecule has 0 saturated carbocycles. The number of likely N-dealkylation sites (N-methyl/N-ethyl adjacent to an activating group) is 4. The predicted octanol–water partition coefficient (Wildman–Crippen LogP) is -1.82. The average molecular weight is 1640 g/mol. The van der Waals surface area contributed by atoms with Crippen molar-refractivity contribution in [1.82, 2.24) is 69.4 Å². The second kappa shape index (κ2) is 37.7. The molecule has 0 aliphatic carbocycles. The van der Waals surface area contributed by atoms with Crippen LogP contribution in [0.3, 0.4) is 0 Å². The molecule has 4 aliphatic heterocycles. The number of thiol groups is 1. The summed E-state index contributed by atoms with van der Waals surface area (Å²) in [5.74, 6) is -2.89. The molecule has 4 amide bonds. The Labute approximate surface area is 629 Å². The normalized spacial score (nSPS) is 27.3. The first kappa shape index (κ1) is 85.5. The van der Waals surface area contributed by atoms with Crippen LogP contribution in [0, 0.1) is 20.8 Å². The number of ether oxygens (including phenoxy) is 8. The maximum Gasteiger partial charge on any atom is 0.386 e. The van der Waals surface area contributed by atoms with Crippen LogP contribution in [0.25, 0.3) is 11.2 Å². The third-order valence-corrected chi connectivity index (χ3v) is 22.4. The molecular weight excluding hydrogens is 1550 g/mol. The van der Waals surface area contributed by atoms with Gasteiger partial charge in [-0.25, -0.2) is 33.9 Å². The van der Waals surface area contributed by atoms with Crippen molar-refractivity contribution < 1.29 is 104 Å². The number of carbonyl (C=O) groups is 4. The van der Waals surface area contributed by atoms with E-state index in [9.17, 15) is 58.0 Å². The number of nitrogen functional groups attached to an aromatic ring is 2. The van der Waals surface area contributed by atoms with Crippen molar-refractivity contribution in [2.75, 3.05) is 85.9 Å². The molecule has 0 radical (unpaired) electrons. The lowest BCUT2D eigenvalue weighted by Crippen LogP contribution is -2.42. The minimum Gasteiger partial charge on any atom is -0.387 e. The Kier molecular flexibility index (Phi) is 29.8. The molecule has 13 N–H and O–H groups in total. The number of rotatable bonds is 38. The van der Waals surface area contributed by atoms with E-state index in [4.69, 9.17) is 100 Å². The van der Waals surface area contributed by atoms with Crippen molar-refractivity contribution in [3.8, 4) is 0 Å². The number of anilines is 2. The quantitative estimate of drug-likeness (QED) is 0.0118. The molecular formula is C59H87N16O27P3S3. The Balaban J connectivity index is 1.04. The van der Waals surface area contributed by atoms with Gasteiger partial charge in [0, 0.05) is 63.5 Å². The number of nitrogens with two attached hydrogens (primary N) is 2. The fraction of sp³-hybridized carbons (Fsp3) is 0.644. The van der Waals surface area contributed by atoms with Crippen LogP contribution in [-0.2, 0) is 112 Å². The molecule has 19 atom stereocenters. The fourth-order valence-corrected chi connectivity index (χ4v) is 16.4. The summed E-state index contributed by atoms with van der Waals surface area (Å²) >= 11 is 15.7. The number of aliphatic hydroxyl groups is 1. The average Bonchev–Trinajstić information content (AvgIpc) is 1.64. The standard InChI is InChI=1S/C59H87N16O27P3S3/c1-9-10-11-12-13-14-15-31-41(45(90-23-36(77)63-6)54(96-31)73-17-29(3)51(81)70-58(73)84)100-104(87,107)94-21-34-43(47(92-25-38(79)65-8)56(99-34)75-27-68-39-49(61)66-26-67-50(39)75)102-105(88,108)95-20-33-42(46(91-24-37(78)64-7)55(98-33)74-18-30(4)52(82)71-59(74)85)101-103(86,106)93-19-32-40(80)44(89-22-35(76)62-5)53(97-32)72-16-28(2)48(60)69-57(72)83/h16-18,26-27,31-34,40-47,53-56,80H,9-15,19-25H2,1-8H3,(H,62,76)(H,63,77)(H,64,78)(H,65,79)(H,86,106)(H,87,107)(H,88,108)(H2,60,69,83)(H2,61,66,67)(H,70,81,84)(H,71,82,85)/t31-,32-,33-,34-,40?,41?,42?,43?,44?,45?,46?,47?,53-,54-,55-,56-,103?,104?,105?/m1/s1. The Hall–Kier alpha value is -6.53. The molecule has 5 aromatic rings. The van der Waals surface area contributed by atoms with Crippen LogP contribution in [0.1, 0.15) is 93.5 Å². The van der Waals surface area contributed by atoms with Gasteiger partial charge in [-0.05, 0) is 50.8 Å². The number of aromatic amines is 2. The monoisotopic (exact) mass is 1640 g/mol. The zero-order valence-electron chi connectivity index (χ0n) is 59.5. The van der Waals surface area contributed by atoms with Gasteiger partial charge in [0.05, 0.1) is 32.3 Å². The number of fused-ring (bicyclic) bond motifs is 1. The number of imidazole rings is 1. The van der Waals surface area contributed by atoms with Crippen molar-refractivity contribution in [2.24, 2.45) is 0 Å². The van der Waals surface area contributed by atoms with Gasteiger partial charge in [0.15, 0.2) is 36.4 Å². The minimum absolute atomic E-state index is 0.0291. The summed E-state index contributed by atoms with van der Waals surface area (Å²) in [7, 11) is 5.27. The van der Waals surface area contributed by atoms with Crippen molar-refractivity contribution in [2.45, 2.75) is 171 Å². The van der Waals surface area contributed by atoms with E-state index in [2.05, 4.69) is 70.3 Å². The number of nitrogens with zero attached hydrogens (tertiary/aromatic N) is 8. The number of hydrogen-bond donors (Lipinski definition) is 12. The maximum absolute atomic E-state index is 15.4. The minimum atomic E-state index is -5.12. The number of hydrogen-bond acceptors (Lipinski definition) is 33. The van der Waals surface area contributed by atoms with E-state index >= 15 is 4.57 Å². The molecule has 11 unspecified atom stereocenters. The van der Waals surface area contributed by atoms with Gasteiger partial charge in [-0.3, -0.25) is 75.1 Å². The molecule has 43 nitrogen and oxygen atoms in total. The van der Waals surface area contributed by atoms with Crippen molar-refractivity contribution >= 4 is 103 Å². The van der Waals surface area contributed by atoms with Crippen LogP contribution in [0.15, 0.2) is 55.2 Å². The summed E-state index contributed by atoms with van der Waals surface area (Å²) in [4.78, 5) is 163. The summed E-state index contributed by atoms with van der Waals surface area (Å²) in [5, 5.41) is 21.3. The highest BCUT2D eigenvalue weighted by Crippen LogP contribution is 2.59. The summed E-state index contributed by atoms with van der Waals surface area (Å²) in [6, 6.07) is 0. The lowest BCUT2D eigenvalue weighted by Gasteiger charge is -2.30. The number of H-pyrrole nitrogens is 2. The van der Waals surface area contributed by atoms with Gasteiger partial charge >= 0.3 is 37.3 Å². The number of unbranched alkanes of at least 4 members (excludes halogenated alkanes) is 5. The highest BCUT2D eigenvalue weighted by atomic mass is 32.7. The number of aromatic nitrogens is 10. The van der Waals surface area contributed by atoms with E-state index in [-0.39, 0.29) is 40.3 Å². The van der Waals surface area contributed by atoms with E-state index in [1.807, 2.05) is 0 Å². The Morgan fingerprint density at radius 3 is 1.48 bits per heavy atom. The highest BCUT2D eigenvalue weighted by Gasteiger charge is 2.56. The van der Waals surface area contributed by atoms with Crippen molar-refractivity contribution in [3.05, 3.63) is 100 Å². The summed E-state index contributed by atoms with van der Waals surface area (Å²) in [6.07, 6.45) is -14.2. The van der Waals surface area contributed by atoms with Gasteiger partial charge in [0.25, 0.3) is 11.1 Å². The van der Waals surface area contributed by atoms with E-state index in [1.165, 1.54) is 72.3 Å².